The van der Waals surface area contributed by atoms with Crippen molar-refractivity contribution in [1.29, 1.82) is 0 Å². The van der Waals surface area contributed by atoms with Crippen LogP contribution in [0.3, 0.4) is 0 Å². The highest BCUT2D eigenvalue weighted by atomic mass is 15.3. The van der Waals surface area contributed by atoms with Crippen molar-refractivity contribution in [3.05, 3.63) is 0 Å². The molecule has 0 aliphatic heterocycles. The molecule has 2 unspecified atom stereocenters. The molecule has 0 N–H and O–H groups in total. The van der Waals surface area contributed by atoms with Gasteiger partial charge in [-0.15, -0.1) is 0 Å². The molecule has 0 saturated carbocycles. The molecule has 60 heavy (non-hydrogen) atoms. The van der Waals surface area contributed by atoms with Crippen molar-refractivity contribution >= 4 is 0 Å². The molecule has 0 aliphatic carbocycles. The molecule has 0 aromatic heterocycles. The minimum Gasteiger partial charge on any atom is -0.326 e. The summed E-state index contributed by atoms with van der Waals surface area (Å²) in [6.07, 6.45) is 73.5. The summed E-state index contributed by atoms with van der Waals surface area (Å²) >= 11 is 0. The van der Waals surface area contributed by atoms with Gasteiger partial charge in [0.2, 0.25) is 0 Å². The van der Waals surface area contributed by atoms with Crippen molar-refractivity contribution in [2.24, 2.45) is 5.92 Å². The van der Waals surface area contributed by atoms with Crippen molar-refractivity contribution in [1.82, 2.24) is 0 Å². The van der Waals surface area contributed by atoms with Gasteiger partial charge >= 0.3 is 0 Å². The van der Waals surface area contributed by atoms with Gasteiger partial charge in [0.25, 0.3) is 0 Å². The SMILES string of the molecule is CCCCCCCCCCCCCCCC[N+](C)(C)C(CCCCCCCCCCCC)CC(CCCCCCCCCCCC)CCCCCCCCCCCCCC. The Balaban J connectivity index is 5.03. The lowest BCUT2D eigenvalue weighted by molar-refractivity contribution is -0.916. The van der Waals surface area contributed by atoms with Gasteiger partial charge in [-0.25, -0.2) is 0 Å². The van der Waals surface area contributed by atoms with Crippen LogP contribution in [-0.4, -0.2) is 31.2 Å². The molecule has 0 spiro atoms. The van der Waals surface area contributed by atoms with E-state index in [0.717, 1.165) is 12.0 Å². The van der Waals surface area contributed by atoms with Gasteiger partial charge in [-0.1, -0.05) is 317 Å². The zero-order valence-corrected chi connectivity index (χ0v) is 43.7. The Bertz CT molecular complexity index is 756. The summed E-state index contributed by atoms with van der Waals surface area (Å²) in [5.41, 5.74) is 0. The smallest absolute Gasteiger partial charge is 0.0888 e. The zero-order chi connectivity index (χ0) is 43.7. The molecular formula is C59H122N+. The van der Waals surface area contributed by atoms with Crippen LogP contribution in [0.15, 0.2) is 0 Å². The minimum absolute atomic E-state index is 0.867. The fourth-order valence-electron chi connectivity index (χ4n) is 10.5. The molecule has 1 heteroatoms. The van der Waals surface area contributed by atoms with E-state index in [1.807, 2.05) is 0 Å². The van der Waals surface area contributed by atoms with E-state index in [4.69, 9.17) is 0 Å². The van der Waals surface area contributed by atoms with Crippen LogP contribution in [0.4, 0.5) is 0 Å². The normalized spacial score (nSPS) is 13.1. The van der Waals surface area contributed by atoms with Crippen LogP contribution in [0.25, 0.3) is 0 Å². The van der Waals surface area contributed by atoms with Crippen molar-refractivity contribution in [2.45, 2.75) is 355 Å². The highest BCUT2D eigenvalue weighted by Crippen LogP contribution is 2.30. The van der Waals surface area contributed by atoms with Gasteiger partial charge in [-0.3, -0.25) is 0 Å². The Morgan fingerprint density at radius 2 is 0.433 bits per heavy atom. The largest absolute Gasteiger partial charge is 0.326 e. The van der Waals surface area contributed by atoms with E-state index < -0.39 is 0 Å². The number of unbranched alkanes of at least 4 members (excludes halogenated alkanes) is 42. The third-order valence-corrected chi connectivity index (χ3v) is 15.0. The standard InChI is InChI=1S/C59H122N/c1-7-11-15-19-23-27-31-33-34-36-40-44-48-52-56-60(5,6)59(55-51-47-43-39-30-26-22-18-14-10-4)57-58(53-49-45-41-37-29-25-21-17-13-9-3)54-50-46-42-38-35-32-28-24-20-16-12-8-2/h58-59H,7-57H2,1-6H3/q+1. The first-order valence-corrected chi connectivity index (χ1v) is 29.3. The second kappa shape index (κ2) is 50.0. The first-order chi connectivity index (χ1) is 29.5. The second-order valence-electron chi connectivity index (χ2n) is 21.5. The lowest BCUT2D eigenvalue weighted by Crippen LogP contribution is -2.50. The molecule has 0 saturated heterocycles. The molecule has 0 radical (unpaired) electrons. The topological polar surface area (TPSA) is 0 Å². The Kier molecular flexibility index (Phi) is 49.9. The summed E-state index contributed by atoms with van der Waals surface area (Å²) in [5.74, 6) is 0.962. The highest BCUT2D eigenvalue weighted by Gasteiger charge is 2.30. The Morgan fingerprint density at radius 1 is 0.233 bits per heavy atom. The molecule has 0 heterocycles. The predicted molar refractivity (Wildman–Crippen MR) is 278 cm³/mol. The number of rotatable bonds is 53. The highest BCUT2D eigenvalue weighted by molar-refractivity contribution is 4.70. The summed E-state index contributed by atoms with van der Waals surface area (Å²) in [7, 11) is 5.31. The van der Waals surface area contributed by atoms with E-state index in [0.29, 0.717) is 0 Å². The van der Waals surface area contributed by atoms with E-state index in [1.54, 1.807) is 0 Å². The van der Waals surface area contributed by atoms with E-state index in [2.05, 4.69) is 41.8 Å². The molecule has 2 atom stereocenters. The van der Waals surface area contributed by atoms with E-state index in [1.165, 1.54) is 332 Å². The molecular weight excluding hydrogens is 723 g/mol. The van der Waals surface area contributed by atoms with Crippen molar-refractivity contribution in [3.63, 3.8) is 0 Å². The lowest BCUT2D eigenvalue weighted by Gasteiger charge is -2.40. The average molecular weight is 846 g/mol. The zero-order valence-electron chi connectivity index (χ0n) is 43.7. The molecule has 0 aromatic carbocycles. The summed E-state index contributed by atoms with van der Waals surface area (Å²) in [6, 6.07) is 0.867. The van der Waals surface area contributed by atoms with Crippen LogP contribution in [0, 0.1) is 5.92 Å². The summed E-state index contributed by atoms with van der Waals surface area (Å²) in [5, 5.41) is 0. The summed E-state index contributed by atoms with van der Waals surface area (Å²) < 4.78 is 1.29. The maximum atomic E-state index is 2.66. The molecule has 0 amide bonds. The third-order valence-electron chi connectivity index (χ3n) is 15.0. The van der Waals surface area contributed by atoms with Crippen LogP contribution in [0.5, 0.6) is 0 Å². The third kappa shape index (κ3) is 44.6. The minimum atomic E-state index is 0.867. The van der Waals surface area contributed by atoms with E-state index in [-0.39, 0.29) is 0 Å². The van der Waals surface area contributed by atoms with Crippen LogP contribution in [-0.2, 0) is 0 Å². The number of quaternary nitrogens is 1. The van der Waals surface area contributed by atoms with Gasteiger partial charge in [-0.2, -0.15) is 0 Å². The van der Waals surface area contributed by atoms with Gasteiger partial charge in [0.1, 0.15) is 0 Å². The number of hydrogen-bond acceptors (Lipinski definition) is 0. The van der Waals surface area contributed by atoms with Gasteiger partial charge in [0.15, 0.2) is 0 Å². The van der Waals surface area contributed by atoms with Gasteiger partial charge in [0.05, 0.1) is 26.7 Å². The Hall–Kier alpha value is -0.0400. The van der Waals surface area contributed by atoms with Crippen LogP contribution < -0.4 is 0 Å². The average Bonchev–Trinajstić information content (AvgIpc) is 3.24. The molecule has 1 nitrogen and oxygen atoms in total. The summed E-state index contributed by atoms with van der Waals surface area (Å²) in [4.78, 5) is 0. The van der Waals surface area contributed by atoms with Crippen LogP contribution in [0.2, 0.25) is 0 Å². The molecule has 0 bridgehead atoms. The Morgan fingerprint density at radius 3 is 0.683 bits per heavy atom. The molecule has 0 rings (SSSR count). The quantitative estimate of drug-likeness (QED) is 0.0423. The maximum Gasteiger partial charge on any atom is 0.0888 e. The van der Waals surface area contributed by atoms with Gasteiger partial charge < -0.3 is 4.48 Å². The van der Waals surface area contributed by atoms with Crippen LogP contribution in [0.1, 0.15) is 349 Å². The van der Waals surface area contributed by atoms with E-state index in [9.17, 15) is 0 Å². The number of hydrogen-bond donors (Lipinski definition) is 0. The van der Waals surface area contributed by atoms with Gasteiger partial charge in [0, 0.05) is 6.42 Å². The van der Waals surface area contributed by atoms with Crippen molar-refractivity contribution in [3.8, 4) is 0 Å². The summed E-state index contributed by atoms with van der Waals surface area (Å²) in [6.45, 7) is 10.7. The predicted octanol–water partition coefficient (Wildman–Crippen LogP) is 21.6. The Labute approximate surface area is 384 Å². The fraction of sp³-hybridized carbons (Fsp3) is 1.00. The van der Waals surface area contributed by atoms with E-state index >= 15 is 0 Å². The maximum absolute atomic E-state index is 2.66. The fourth-order valence-corrected chi connectivity index (χ4v) is 10.5. The first kappa shape index (κ1) is 60.0. The lowest BCUT2D eigenvalue weighted by atomic mass is 9.86. The monoisotopic (exact) mass is 845 g/mol. The molecule has 0 fully saturated rings. The van der Waals surface area contributed by atoms with Crippen molar-refractivity contribution < 1.29 is 4.48 Å². The molecule has 362 valence electrons. The van der Waals surface area contributed by atoms with Crippen LogP contribution >= 0.6 is 0 Å². The number of nitrogens with zero attached hydrogens (tertiary/aromatic N) is 1. The second-order valence-corrected chi connectivity index (χ2v) is 21.5. The van der Waals surface area contributed by atoms with Crippen molar-refractivity contribution in [2.75, 3.05) is 20.6 Å². The molecule has 0 aliphatic rings. The first-order valence-electron chi connectivity index (χ1n) is 29.3. The van der Waals surface area contributed by atoms with Gasteiger partial charge in [-0.05, 0) is 31.6 Å². The molecule has 0 aromatic rings.